The van der Waals surface area contributed by atoms with Crippen LogP contribution in [0.25, 0.3) is 0 Å². The molecule has 0 radical (unpaired) electrons. The average Bonchev–Trinajstić information content (AvgIpc) is 2.92. The van der Waals surface area contributed by atoms with Crippen LogP contribution in [0.2, 0.25) is 5.02 Å². The number of hydrogen-bond acceptors (Lipinski definition) is 5. The van der Waals surface area contributed by atoms with Crippen LogP contribution in [0.4, 0.5) is 11.5 Å². The minimum Gasteiger partial charge on any atom is -0.326 e. The van der Waals surface area contributed by atoms with Crippen LogP contribution in [-0.2, 0) is 9.59 Å². The van der Waals surface area contributed by atoms with Crippen LogP contribution in [0, 0.1) is 0 Å². The molecule has 1 fully saturated rings. The summed E-state index contributed by atoms with van der Waals surface area (Å²) < 4.78 is 0. The second-order valence-electron chi connectivity index (χ2n) is 5.54. The maximum atomic E-state index is 12.6. The van der Waals surface area contributed by atoms with Crippen LogP contribution in [0.15, 0.2) is 53.7 Å². The average molecular weight is 389 g/mol. The summed E-state index contributed by atoms with van der Waals surface area (Å²) in [6.45, 7) is 2.35. The predicted molar refractivity (Wildman–Crippen MR) is 105 cm³/mol. The highest BCUT2D eigenvalue weighted by Gasteiger charge is 2.38. The van der Waals surface area contributed by atoms with Gasteiger partial charge in [-0.15, -0.1) is 0 Å². The molecule has 1 unspecified atom stereocenters. The molecule has 0 aliphatic carbocycles. The smallest absolute Gasteiger partial charge is 0.242 e. The van der Waals surface area contributed by atoms with Gasteiger partial charge in [0.15, 0.2) is 11.0 Å². The quantitative estimate of drug-likeness (QED) is 0.847. The molecule has 0 bridgehead atoms. The molecule has 26 heavy (non-hydrogen) atoms. The van der Waals surface area contributed by atoms with Gasteiger partial charge in [-0.05, 0) is 31.2 Å². The number of rotatable bonds is 5. The minimum atomic E-state index is -0.496. The Morgan fingerprint density at radius 2 is 2.08 bits per heavy atom. The molecule has 1 atom stereocenters. The van der Waals surface area contributed by atoms with E-state index in [-0.39, 0.29) is 18.2 Å². The molecule has 6 nitrogen and oxygen atoms in total. The van der Waals surface area contributed by atoms with E-state index in [0.29, 0.717) is 28.2 Å². The van der Waals surface area contributed by atoms with E-state index >= 15 is 0 Å². The first kappa shape index (κ1) is 18.4. The highest BCUT2D eigenvalue weighted by molar-refractivity contribution is 8.15. The molecule has 1 aliphatic rings. The van der Waals surface area contributed by atoms with Crippen molar-refractivity contribution >= 4 is 51.9 Å². The third-order valence-corrected chi connectivity index (χ3v) is 5.09. The van der Waals surface area contributed by atoms with Crippen molar-refractivity contribution in [3.63, 3.8) is 0 Å². The lowest BCUT2D eigenvalue weighted by Crippen LogP contribution is -2.33. The van der Waals surface area contributed by atoms with Gasteiger partial charge in [-0.1, -0.05) is 41.6 Å². The Morgan fingerprint density at radius 1 is 1.31 bits per heavy atom. The fourth-order valence-corrected chi connectivity index (χ4v) is 3.77. The fourth-order valence-electron chi connectivity index (χ4n) is 2.45. The fraction of sp³-hybridized carbons (Fsp3) is 0.222. The van der Waals surface area contributed by atoms with Gasteiger partial charge in [0.2, 0.25) is 11.8 Å². The minimum absolute atomic E-state index is 0.0853. The number of aromatic nitrogens is 1. The monoisotopic (exact) mass is 388 g/mol. The van der Waals surface area contributed by atoms with E-state index in [0.717, 1.165) is 0 Å². The van der Waals surface area contributed by atoms with Crippen molar-refractivity contribution in [3.05, 3.63) is 53.7 Å². The number of carbonyl (C=O) groups is 2. The number of aliphatic imine (C=N–C) groups is 1. The molecule has 1 N–H and O–H groups in total. The van der Waals surface area contributed by atoms with Gasteiger partial charge >= 0.3 is 0 Å². The lowest BCUT2D eigenvalue weighted by atomic mass is 10.2. The first-order valence-electron chi connectivity index (χ1n) is 8.10. The largest absolute Gasteiger partial charge is 0.326 e. The Kier molecular flexibility index (Phi) is 5.90. The van der Waals surface area contributed by atoms with Crippen molar-refractivity contribution in [2.24, 2.45) is 4.99 Å². The lowest BCUT2D eigenvalue weighted by molar-refractivity contribution is -0.128. The molecule has 0 saturated carbocycles. The SMILES string of the molecule is CCN1C(=O)C(CC(=O)Nc2ccccc2)SC1=Nc1ccc(Cl)cn1. The second-order valence-corrected chi connectivity index (χ2v) is 7.14. The number of anilines is 1. The summed E-state index contributed by atoms with van der Waals surface area (Å²) >= 11 is 7.11. The number of benzene rings is 1. The number of amidine groups is 1. The standard InChI is InChI=1S/C18H17ClN4O2S/c1-2-23-17(25)14(10-16(24)21-13-6-4-3-5-7-13)26-18(23)22-15-9-8-12(19)11-20-15/h3-9,11,14H,2,10H2,1H3,(H,21,24). The van der Waals surface area contributed by atoms with Crippen molar-refractivity contribution in [2.75, 3.05) is 11.9 Å². The van der Waals surface area contributed by atoms with Crippen molar-refractivity contribution in [1.29, 1.82) is 0 Å². The molecule has 1 saturated heterocycles. The Balaban J connectivity index is 1.70. The number of halogens is 1. The number of hydrogen-bond donors (Lipinski definition) is 1. The summed E-state index contributed by atoms with van der Waals surface area (Å²) in [6, 6.07) is 12.5. The van der Waals surface area contributed by atoms with Gasteiger partial charge in [0, 0.05) is 24.8 Å². The van der Waals surface area contributed by atoms with E-state index in [2.05, 4.69) is 15.3 Å². The Labute approximate surface area is 160 Å². The van der Waals surface area contributed by atoms with Crippen molar-refractivity contribution in [2.45, 2.75) is 18.6 Å². The van der Waals surface area contributed by atoms with Crippen LogP contribution >= 0.6 is 23.4 Å². The zero-order valence-corrected chi connectivity index (χ0v) is 15.6. The van der Waals surface area contributed by atoms with E-state index in [9.17, 15) is 9.59 Å². The third-order valence-electron chi connectivity index (χ3n) is 3.69. The lowest BCUT2D eigenvalue weighted by Gasteiger charge is -2.13. The van der Waals surface area contributed by atoms with Gasteiger partial charge < -0.3 is 5.32 Å². The van der Waals surface area contributed by atoms with E-state index in [1.54, 1.807) is 29.2 Å². The van der Waals surface area contributed by atoms with Gasteiger partial charge in [0.25, 0.3) is 0 Å². The van der Waals surface area contributed by atoms with E-state index in [4.69, 9.17) is 11.6 Å². The molecule has 1 aromatic carbocycles. The predicted octanol–water partition coefficient (Wildman–Crippen LogP) is 3.72. The molecule has 8 heteroatoms. The summed E-state index contributed by atoms with van der Waals surface area (Å²) in [5.41, 5.74) is 0.708. The number of amides is 2. The van der Waals surface area contributed by atoms with Crippen LogP contribution in [-0.4, -0.2) is 38.7 Å². The Morgan fingerprint density at radius 3 is 2.73 bits per heavy atom. The second kappa shape index (κ2) is 8.33. The number of nitrogens with one attached hydrogen (secondary N) is 1. The number of para-hydroxylation sites is 1. The van der Waals surface area contributed by atoms with Crippen LogP contribution in [0.3, 0.4) is 0 Å². The van der Waals surface area contributed by atoms with Crippen LogP contribution in [0.1, 0.15) is 13.3 Å². The number of thioether (sulfide) groups is 1. The zero-order chi connectivity index (χ0) is 18.5. The van der Waals surface area contributed by atoms with Gasteiger partial charge in [0.1, 0.15) is 5.25 Å². The molecular weight excluding hydrogens is 372 g/mol. The first-order valence-corrected chi connectivity index (χ1v) is 9.35. The van der Waals surface area contributed by atoms with Crippen molar-refractivity contribution in [1.82, 2.24) is 9.88 Å². The van der Waals surface area contributed by atoms with Crippen LogP contribution < -0.4 is 5.32 Å². The summed E-state index contributed by atoms with van der Waals surface area (Å²) in [4.78, 5) is 35.0. The van der Waals surface area contributed by atoms with Gasteiger partial charge in [-0.25, -0.2) is 9.98 Å². The van der Waals surface area contributed by atoms with Gasteiger partial charge in [0.05, 0.1) is 5.02 Å². The molecule has 1 aliphatic heterocycles. The van der Waals surface area contributed by atoms with Crippen LogP contribution in [0.5, 0.6) is 0 Å². The summed E-state index contributed by atoms with van der Waals surface area (Å²) in [7, 11) is 0. The number of pyridine rings is 1. The molecular formula is C18H17ClN4O2S. The zero-order valence-electron chi connectivity index (χ0n) is 14.1. The molecule has 134 valence electrons. The molecule has 2 aromatic rings. The number of nitrogens with zero attached hydrogens (tertiary/aromatic N) is 3. The Hall–Kier alpha value is -2.38. The van der Waals surface area contributed by atoms with Crippen molar-refractivity contribution in [3.8, 4) is 0 Å². The molecule has 1 aromatic heterocycles. The van der Waals surface area contributed by atoms with E-state index < -0.39 is 5.25 Å². The summed E-state index contributed by atoms with van der Waals surface area (Å²) in [5.74, 6) is 0.148. The highest BCUT2D eigenvalue weighted by atomic mass is 35.5. The third kappa shape index (κ3) is 4.42. The molecule has 2 heterocycles. The van der Waals surface area contributed by atoms with Gasteiger partial charge in [-0.2, -0.15) is 0 Å². The highest BCUT2D eigenvalue weighted by Crippen LogP contribution is 2.31. The normalized spacial score (nSPS) is 18.4. The topological polar surface area (TPSA) is 74.7 Å². The summed E-state index contributed by atoms with van der Waals surface area (Å²) in [5, 5.41) is 3.37. The summed E-state index contributed by atoms with van der Waals surface area (Å²) in [6.07, 6.45) is 1.59. The number of carbonyl (C=O) groups excluding carboxylic acids is 2. The molecule has 0 spiro atoms. The molecule has 2 amide bonds. The maximum Gasteiger partial charge on any atom is 0.242 e. The van der Waals surface area contributed by atoms with E-state index in [1.807, 2.05) is 25.1 Å². The van der Waals surface area contributed by atoms with Crippen molar-refractivity contribution < 1.29 is 9.59 Å². The van der Waals surface area contributed by atoms with Gasteiger partial charge in [-0.3, -0.25) is 14.5 Å². The first-order chi connectivity index (χ1) is 12.6. The van der Waals surface area contributed by atoms with E-state index in [1.165, 1.54) is 18.0 Å². The maximum absolute atomic E-state index is 12.6. The Bertz CT molecular complexity index is 827. The molecule has 3 rings (SSSR count).